The number of azo groups is 1. The molecule has 0 aromatic heterocycles. The molecule has 4 heteroatoms. The monoisotopic (exact) mass is 182 g/mol. The van der Waals surface area contributed by atoms with Crippen LogP contribution in [0.4, 0.5) is 0 Å². The molecule has 4 nitrogen and oxygen atoms in total. The average molecular weight is 182 g/mol. The van der Waals surface area contributed by atoms with Gasteiger partial charge in [0.1, 0.15) is 5.54 Å². The van der Waals surface area contributed by atoms with Crippen LogP contribution in [0.1, 0.15) is 20.8 Å². The molecule has 0 spiro atoms. The van der Waals surface area contributed by atoms with Gasteiger partial charge in [-0.15, -0.1) is 0 Å². The van der Waals surface area contributed by atoms with Crippen LogP contribution in [0.3, 0.4) is 0 Å². The largest absolute Gasteiger partial charge is 0.466 e. The molecule has 3 atom stereocenters. The van der Waals surface area contributed by atoms with E-state index in [1.54, 1.807) is 0 Å². The van der Waals surface area contributed by atoms with Crippen molar-refractivity contribution in [1.29, 1.82) is 0 Å². The van der Waals surface area contributed by atoms with E-state index in [0.717, 1.165) is 0 Å². The number of esters is 1. The third-order valence-electron chi connectivity index (χ3n) is 3.47. The summed E-state index contributed by atoms with van der Waals surface area (Å²) in [4.78, 5) is 11.5. The lowest BCUT2D eigenvalue weighted by Gasteiger charge is -2.03. The van der Waals surface area contributed by atoms with Gasteiger partial charge in [0.15, 0.2) is 0 Å². The van der Waals surface area contributed by atoms with Gasteiger partial charge >= 0.3 is 5.97 Å². The van der Waals surface area contributed by atoms with Gasteiger partial charge in [0.25, 0.3) is 0 Å². The summed E-state index contributed by atoms with van der Waals surface area (Å²) < 4.78 is 4.99. The molecule has 1 heterocycles. The first-order valence-corrected chi connectivity index (χ1v) is 4.61. The summed E-state index contributed by atoms with van der Waals surface area (Å²) >= 11 is 0. The molecule has 2 rings (SSSR count). The Morgan fingerprint density at radius 2 is 2.31 bits per heavy atom. The van der Waals surface area contributed by atoms with E-state index in [4.69, 9.17) is 4.74 Å². The standard InChI is InChI=1S/C9H14N2O2/c1-4-13-7(12)6-8(2)5-10-11-9(6,8)3/h6H,4-5H2,1-3H3. The molecular weight excluding hydrogens is 168 g/mol. The molecule has 13 heavy (non-hydrogen) atoms. The second-order valence-corrected chi connectivity index (χ2v) is 4.15. The molecule has 0 aromatic carbocycles. The van der Waals surface area contributed by atoms with Gasteiger partial charge in [-0.3, -0.25) is 4.79 Å². The van der Waals surface area contributed by atoms with Crippen LogP contribution < -0.4 is 0 Å². The maximum atomic E-state index is 11.5. The predicted octanol–water partition coefficient (Wildman–Crippen LogP) is 1.41. The van der Waals surface area contributed by atoms with Gasteiger partial charge in [-0.2, -0.15) is 10.2 Å². The highest BCUT2D eigenvalue weighted by molar-refractivity contribution is 5.81. The normalized spacial score (nSPS) is 45.9. The van der Waals surface area contributed by atoms with Crippen molar-refractivity contribution in [3.63, 3.8) is 0 Å². The number of rotatable bonds is 2. The fourth-order valence-electron chi connectivity index (χ4n) is 2.32. The molecular formula is C9H14N2O2. The van der Waals surface area contributed by atoms with Crippen molar-refractivity contribution in [3.8, 4) is 0 Å². The zero-order valence-corrected chi connectivity index (χ0v) is 8.20. The summed E-state index contributed by atoms with van der Waals surface area (Å²) in [7, 11) is 0. The molecule has 2 aliphatic rings. The van der Waals surface area contributed by atoms with Crippen LogP contribution in [0.25, 0.3) is 0 Å². The van der Waals surface area contributed by atoms with Crippen LogP contribution in [-0.2, 0) is 9.53 Å². The van der Waals surface area contributed by atoms with Crippen LogP contribution >= 0.6 is 0 Å². The maximum Gasteiger partial charge on any atom is 0.312 e. The van der Waals surface area contributed by atoms with Gasteiger partial charge in [0.2, 0.25) is 0 Å². The number of carbonyl (C=O) groups excluding carboxylic acids is 1. The van der Waals surface area contributed by atoms with Crippen LogP contribution in [0.5, 0.6) is 0 Å². The zero-order chi connectivity index (χ0) is 9.69. The Morgan fingerprint density at radius 3 is 2.77 bits per heavy atom. The Labute approximate surface area is 77.4 Å². The van der Waals surface area contributed by atoms with Gasteiger partial charge in [-0.05, 0) is 13.8 Å². The fourth-order valence-corrected chi connectivity index (χ4v) is 2.32. The summed E-state index contributed by atoms with van der Waals surface area (Å²) in [6, 6.07) is 0. The van der Waals surface area contributed by atoms with Crippen molar-refractivity contribution >= 4 is 5.97 Å². The number of hydrogen-bond acceptors (Lipinski definition) is 4. The molecule has 0 bridgehead atoms. The van der Waals surface area contributed by atoms with Crippen LogP contribution in [0.2, 0.25) is 0 Å². The SMILES string of the molecule is CCOC(=O)C1C2(C)CN=NC12C. The number of ether oxygens (including phenoxy) is 1. The first-order chi connectivity index (χ1) is 6.06. The van der Waals surface area contributed by atoms with E-state index < -0.39 is 0 Å². The molecule has 1 fully saturated rings. The molecule has 0 N–H and O–H groups in total. The van der Waals surface area contributed by atoms with Crippen LogP contribution in [0.15, 0.2) is 10.2 Å². The van der Waals surface area contributed by atoms with E-state index in [9.17, 15) is 4.79 Å². The predicted molar refractivity (Wildman–Crippen MR) is 46.4 cm³/mol. The number of hydrogen-bond donors (Lipinski definition) is 0. The fraction of sp³-hybridized carbons (Fsp3) is 0.889. The summed E-state index contributed by atoms with van der Waals surface area (Å²) in [6.07, 6.45) is 0. The Hall–Kier alpha value is -0.930. The molecule has 0 saturated heterocycles. The smallest absolute Gasteiger partial charge is 0.312 e. The van der Waals surface area contributed by atoms with Gasteiger partial charge in [-0.25, -0.2) is 0 Å². The highest BCUT2D eigenvalue weighted by atomic mass is 16.5. The lowest BCUT2D eigenvalue weighted by atomic mass is 10.1. The van der Waals surface area contributed by atoms with Crippen molar-refractivity contribution in [2.45, 2.75) is 26.3 Å². The van der Waals surface area contributed by atoms with Gasteiger partial charge in [0, 0.05) is 5.41 Å². The first kappa shape index (κ1) is 8.66. The molecule has 1 aliphatic heterocycles. The van der Waals surface area contributed by atoms with Crippen molar-refractivity contribution < 1.29 is 9.53 Å². The topological polar surface area (TPSA) is 51.0 Å². The quantitative estimate of drug-likeness (QED) is 0.606. The minimum Gasteiger partial charge on any atom is -0.466 e. The highest BCUT2D eigenvalue weighted by Crippen LogP contribution is 2.67. The molecule has 0 radical (unpaired) electrons. The minimum atomic E-state index is -0.279. The van der Waals surface area contributed by atoms with E-state index in [1.165, 1.54) is 0 Å². The third-order valence-corrected chi connectivity index (χ3v) is 3.47. The van der Waals surface area contributed by atoms with E-state index in [0.29, 0.717) is 13.2 Å². The number of carbonyl (C=O) groups is 1. The van der Waals surface area contributed by atoms with E-state index in [-0.39, 0.29) is 22.8 Å². The van der Waals surface area contributed by atoms with Gasteiger partial charge in [0.05, 0.1) is 19.1 Å². The first-order valence-electron chi connectivity index (χ1n) is 4.61. The van der Waals surface area contributed by atoms with Crippen LogP contribution in [0, 0.1) is 11.3 Å². The molecule has 1 aliphatic carbocycles. The Morgan fingerprint density at radius 1 is 1.62 bits per heavy atom. The summed E-state index contributed by atoms with van der Waals surface area (Å²) in [5.74, 6) is -0.191. The second-order valence-electron chi connectivity index (χ2n) is 4.15. The summed E-state index contributed by atoms with van der Waals surface area (Å²) in [5.41, 5.74) is -0.349. The molecule has 0 aromatic rings. The zero-order valence-electron chi connectivity index (χ0n) is 8.20. The van der Waals surface area contributed by atoms with E-state index in [2.05, 4.69) is 17.2 Å². The van der Waals surface area contributed by atoms with Crippen molar-refractivity contribution in [3.05, 3.63) is 0 Å². The van der Waals surface area contributed by atoms with Crippen LogP contribution in [-0.4, -0.2) is 24.7 Å². The lowest BCUT2D eigenvalue weighted by molar-refractivity contribution is -0.145. The Bertz CT molecular complexity index is 289. The molecule has 1 saturated carbocycles. The maximum absolute atomic E-state index is 11.5. The molecule has 3 unspecified atom stereocenters. The molecule has 72 valence electrons. The summed E-state index contributed by atoms with van der Waals surface area (Å²) in [6.45, 7) is 6.95. The highest BCUT2D eigenvalue weighted by Gasteiger charge is 2.78. The number of nitrogens with zero attached hydrogens (tertiary/aromatic N) is 2. The third kappa shape index (κ3) is 0.833. The van der Waals surface area contributed by atoms with Crippen molar-refractivity contribution in [2.24, 2.45) is 21.6 Å². The van der Waals surface area contributed by atoms with E-state index in [1.807, 2.05) is 13.8 Å². The van der Waals surface area contributed by atoms with Gasteiger partial charge in [-0.1, -0.05) is 6.92 Å². The lowest BCUT2D eigenvalue weighted by Crippen LogP contribution is -2.14. The minimum absolute atomic E-state index is 0.0702. The second kappa shape index (κ2) is 2.30. The van der Waals surface area contributed by atoms with E-state index >= 15 is 0 Å². The van der Waals surface area contributed by atoms with Crippen molar-refractivity contribution in [2.75, 3.05) is 13.2 Å². The van der Waals surface area contributed by atoms with Gasteiger partial charge < -0.3 is 4.74 Å². The Balaban J connectivity index is 2.14. The molecule has 0 amide bonds. The Kier molecular flexibility index (Phi) is 1.54. The average Bonchev–Trinajstić information content (AvgIpc) is 2.33. The number of fused-ring (bicyclic) bond motifs is 1. The van der Waals surface area contributed by atoms with Crippen molar-refractivity contribution in [1.82, 2.24) is 0 Å². The summed E-state index contributed by atoms with van der Waals surface area (Å²) in [5, 5.41) is 8.09.